The summed E-state index contributed by atoms with van der Waals surface area (Å²) in [6, 6.07) is 10.5. The van der Waals surface area contributed by atoms with Gasteiger partial charge < -0.3 is 9.72 Å². The molecule has 2 heterocycles. The molecule has 0 spiro atoms. The zero-order valence-electron chi connectivity index (χ0n) is 8.86. The van der Waals surface area contributed by atoms with Gasteiger partial charge in [-0.05, 0) is 11.6 Å². The Hall–Kier alpha value is -1.79. The first-order valence-corrected chi connectivity index (χ1v) is 5.37. The zero-order chi connectivity index (χ0) is 11.0. The summed E-state index contributed by atoms with van der Waals surface area (Å²) in [5, 5.41) is 10.1. The van der Waals surface area contributed by atoms with E-state index in [9.17, 15) is 0 Å². The van der Waals surface area contributed by atoms with Gasteiger partial charge in [-0.15, -0.1) is 0 Å². The number of nitrogens with one attached hydrogen (secondary N) is 1. The fourth-order valence-corrected chi connectivity index (χ4v) is 2.36. The predicted octanol–water partition coefficient (Wildman–Crippen LogP) is 2.35. The standard InChI is InChI=1S/C13H12N2O/c14-6-5-13(8-16-9-13)11-7-15-12-4-2-1-3-10(11)12/h1-4,7,15H,5,8-9H2. The van der Waals surface area contributed by atoms with Crippen LogP contribution in [0.5, 0.6) is 0 Å². The molecule has 1 aliphatic heterocycles. The molecule has 0 aliphatic carbocycles. The molecule has 0 saturated carbocycles. The van der Waals surface area contributed by atoms with Gasteiger partial charge in [-0.3, -0.25) is 0 Å². The average Bonchev–Trinajstić information content (AvgIpc) is 2.68. The van der Waals surface area contributed by atoms with Crippen molar-refractivity contribution < 1.29 is 4.74 Å². The van der Waals surface area contributed by atoms with Gasteiger partial charge in [0.1, 0.15) is 0 Å². The van der Waals surface area contributed by atoms with E-state index in [1.807, 2.05) is 18.3 Å². The number of nitriles is 1. The highest BCUT2D eigenvalue weighted by molar-refractivity contribution is 5.84. The molecule has 0 unspecified atom stereocenters. The molecule has 1 aliphatic rings. The van der Waals surface area contributed by atoms with Crippen molar-refractivity contribution in [2.24, 2.45) is 0 Å². The number of fused-ring (bicyclic) bond motifs is 1. The largest absolute Gasteiger partial charge is 0.379 e. The average molecular weight is 212 g/mol. The first-order valence-electron chi connectivity index (χ1n) is 5.37. The lowest BCUT2D eigenvalue weighted by Crippen LogP contribution is -2.46. The Morgan fingerprint density at radius 2 is 2.19 bits per heavy atom. The molecule has 3 nitrogen and oxygen atoms in total. The molecular formula is C13H12N2O. The summed E-state index contributed by atoms with van der Waals surface area (Å²) in [4.78, 5) is 3.26. The van der Waals surface area contributed by atoms with E-state index in [4.69, 9.17) is 10.00 Å². The second kappa shape index (κ2) is 3.36. The SMILES string of the molecule is N#CCC1(c2c[nH]c3ccccc23)COC1. The minimum Gasteiger partial charge on any atom is -0.379 e. The molecule has 16 heavy (non-hydrogen) atoms. The molecule has 3 rings (SSSR count). The number of hydrogen-bond donors (Lipinski definition) is 1. The molecule has 1 aromatic carbocycles. The summed E-state index contributed by atoms with van der Waals surface area (Å²) >= 11 is 0. The normalized spacial score (nSPS) is 17.9. The van der Waals surface area contributed by atoms with E-state index in [2.05, 4.69) is 23.2 Å². The number of para-hydroxylation sites is 1. The van der Waals surface area contributed by atoms with Crippen molar-refractivity contribution in [3.8, 4) is 6.07 Å². The summed E-state index contributed by atoms with van der Waals surface area (Å²) in [5.41, 5.74) is 2.26. The third kappa shape index (κ3) is 1.17. The molecule has 0 amide bonds. The molecule has 1 fully saturated rings. The van der Waals surface area contributed by atoms with Gasteiger partial charge in [0, 0.05) is 23.5 Å². The van der Waals surface area contributed by atoms with Crippen LogP contribution < -0.4 is 0 Å². The number of ether oxygens (including phenoxy) is 1. The van der Waals surface area contributed by atoms with Gasteiger partial charge >= 0.3 is 0 Å². The lowest BCUT2D eigenvalue weighted by Gasteiger charge is -2.39. The number of aromatic amines is 1. The van der Waals surface area contributed by atoms with Crippen molar-refractivity contribution in [2.75, 3.05) is 13.2 Å². The molecule has 1 saturated heterocycles. The summed E-state index contributed by atoms with van der Waals surface area (Å²) in [6.45, 7) is 1.31. The van der Waals surface area contributed by atoms with Crippen LogP contribution in [0.2, 0.25) is 0 Å². The van der Waals surface area contributed by atoms with Crippen LogP contribution in [0.3, 0.4) is 0 Å². The van der Waals surface area contributed by atoms with Gasteiger partial charge in [0.15, 0.2) is 0 Å². The Kier molecular flexibility index (Phi) is 1.98. The quantitative estimate of drug-likeness (QED) is 0.830. The number of H-pyrrole nitrogens is 1. The number of rotatable bonds is 2. The second-order valence-corrected chi connectivity index (χ2v) is 4.36. The van der Waals surface area contributed by atoms with Gasteiger partial charge in [0.05, 0.1) is 24.7 Å². The van der Waals surface area contributed by atoms with Crippen LogP contribution in [0.1, 0.15) is 12.0 Å². The van der Waals surface area contributed by atoms with Crippen LogP contribution >= 0.6 is 0 Å². The van der Waals surface area contributed by atoms with Crippen LogP contribution in [-0.4, -0.2) is 18.2 Å². The van der Waals surface area contributed by atoms with E-state index < -0.39 is 0 Å². The first-order chi connectivity index (χ1) is 7.86. The molecule has 0 radical (unpaired) electrons. The summed E-state index contributed by atoms with van der Waals surface area (Å²) in [7, 11) is 0. The van der Waals surface area contributed by atoms with Gasteiger partial charge in [-0.1, -0.05) is 18.2 Å². The van der Waals surface area contributed by atoms with Crippen LogP contribution in [-0.2, 0) is 10.2 Å². The summed E-state index contributed by atoms with van der Waals surface area (Å²) in [5.74, 6) is 0. The van der Waals surface area contributed by atoms with Gasteiger partial charge in [-0.25, -0.2) is 0 Å². The van der Waals surface area contributed by atoms with E-state index in [1.165, 1.54) is 10.9 Å². The summed E-state index contributed by atoms with van der Waals surface area (Å²) in [6.07, 6.45) is 2.54. The van der Waals surface area contributed by atoms with Crippen molar-refractivity contribution >= 4 is 10.9 Å². The van der Waals surface area contributed by atoms with E-state index in [0.29, 0.717) is 19.6 Å². The third-order valence-electron chi connectivity index (χ3n) is 3.33. The van der Waals surface area contributed by atoms with Crippen LogP contribution in [0.4, 0.5) is 0 Å². The van der Waals surface area contributed by atoms with Gasteiger partial charge in [0.2, 0.25) is 0 Å². The number of aromatic nitrogens is 1. The van der Waals surface area contributed by atoms with E-state index in [-0.39, 0.29) is 5.41 Å². The first kappa shape index (κ1) is 9.44. The number of nitrogens with zero attached hydrogens (tertiary/aromatic N) is 1. The maximum atomic E-state index is 8.92. The molecule has 0 bridgehead atoms. The maximum Gasteiger partial charge on any atom is 0.0632 e. The fraction of sp³-hybridized carbons (Fsp3) is 0.308. The van der Waals surface area contributed by atoms with E-state index in [0.717, 1.165) is 5.52 Å². The number of benzene rings is 1. The van der Waals surface area contributed by atoms with Crippen molar-refractivity contribution in [2.45, 2.75) is 11.8 Å². The Morgan fingerprint density at radius 1 is 1.38 bits per heavy atom. The zero-order valence-corrected chi connectivity index (χ0v) is 8.86. The highest BCUT2D eigenvalue weighted by atomic mass is 16.5. The molecule has 1 N–H and O–H groups in total. The lowest BCUT2D eigenvalue weighted by atomic mass is 9.76. The Labute approximate surface area is 93.6 Å². The predicted molar refractivity (Wildman–Crippen MR) is 61.0 cm³/mol. The Balaban J connectivity index is 2.15. The highest BCUT2D eigenvalue weighted by Crippen LogP contribution is 2.39. The van der Waals surface area contributed by atoms with Crippen molar-refractivity contribution in [3.63, 3.8) is 0 Å². The number of hydrogen-bond acceptors (Lipinski definition) is 2. The summed E-state index contributed by atoms with van der Waals surface area (Å²) < 4.78 is 5.30. The van der Waals surface area contributed by atoms with Crippen LogP contribution in [0, 0.1) is 11.3 Å². The topological polar surface area (TPSA) is 48.8 Å². The van der Waals surface area contributed by atoms with Crippen molar-refractivity contribution in [1.82, 2.24) is 4.98 Å². The van der Waals surface area contributed by atoms with Crippen LogP contribution in [0.15, 0.2) is 30.5 Å². The maximum absolute atomic E-state index is 8.92. The molecule has 0 atom stereocenters. The molecule has 80 valence electrons. The van der Waals surface area contributed by atoms with Crippen LogP contribution in [0.25, 0.3) is 10.9 Å². The molecular weight excluding hydrogens is 200 g/mol. The lowest BCUT2D eigenvalue weighted by molar-refractivity contribution is -0.0569. The van der Waals surface area contributed by atoms with Crippen molar-refractivity contribution in [1.29, 1.82) is 5.26 Å². The van der Waals surface area contributed by atoms with Crippen molar-refractivity contribution in [3.05, 3.63) is 36.0 Å². The smallest absolute Gasteiger partial charge is 0.0632 e. The molecule has 2 aromatic rings. The second-order valence-electron chi connectivity index (χ2n) is 4.36. The molecule has 1 aromatic heterocycles. The monoisotopic (exact) mass is 212 g/mol. The van der Waals surface area contributed by atoms with E-state index >= 15 is 0 Å². The minimum atomic E-state index is -0.0889. The Morgan fingerprint density at radius 3 is 2.88 bits per heavy atom. The third-order valence-corrected chi connectivity index (χ3v) is 3.33. The Bertz CT molecular complexity index is 561. The van der Waals surface area contributed by atoms with Gasteiger partial charge in [-0.2, -0.15) is 5.26 Å². The highest BCUT2D eigenvalue weighted by Gasteiger charge is 2.41. The fourth-order valence-electron chi connectivity index (χ4n) is 2.36. The van der Waals surface area contributed by atoms with Gasteiger partial charge in [0.25, 0.3) is 0 Å². The molecule has 3 heteroatoms. The van der Waals surface area contributed by atoms with E-state index in [1.54, 1.807) is 0 Å². The minimum absolute atomic E-state index is 0.0889.